The van der Waals surface area contributed by atoms with Gasteiger partial charge in [0.25, 0.3) is 5.91 Å². The zero-order valence-electron chi connectivity index (χ0n) is 21.5. The van der Waals surface area contributed by atoms with Crippen LogP contribution in [0.2, 0.25) is 0 Å². The second-order valence-electron chi connectivity index (χ2n) is 9.72. The normalized spacial score (nSPS) is 13.9. The minimum atomic E-state index is -4.96. The second-order valence-corrected chi connectivity index (χ2v) is 12.0. The molecule has 6 nitrogen and oxygen atoms in total. The van der Waals surface area contributed by atoms with Crippen LogP contribution in [0.4, 0.5) is 17.6 Å². The predicted molar refractivity (Wildman–Crippen MR) is 141 cm³/mol. The summed E-state index contributed by atoms with van der Waals surface area (Å²) in [4.78, 5) is 13.1. The van der Waals surface area contributed by atoms with E-state index in [1.807, 2.05) is 12.1 Å². The van der Waals surface area contributed by atoms with Gasteiger partial charge in [0.1, 0.15) is 11.6 Å². The third-order valence-electron chi connectivity index (χ3n) is 6.83. The highest BCUT2D eigenvalue weighted by atomic mass is 32.2. The van der Waals surface area contributed by atoms with Gasteiger partial charge in [-0.25, -0.2) is 12.8 Å². The lowest BCUT2D eigenvalue weighted by Gasteiger charge is -2.15. The fraction of sp³-hybridized carbons (Fsp3) is 0.276. The zero-order valence-corrected chi connectivity index (χ0v) is 22.3. The molecule has 3 aromatic carbocycles. The van der Waals surface area contributed by atoms with E-state index >= 15 is 0 Å². The van der Waals surface area contributed by atoms with Crippen LogP contribution in [0, 0.1) is 5.82 Å². The first-order chi connectivity index (χ1) is 18.9. The summed E-state index contributed by atoms with van der Waals surface area (Å²) >= 11 is 0. The van der Waals surface area contributed by atoms with E-state index in [-0.39, 0.29) is 41.1 Å². The minimum Gasteiger partial charge on any atom is -0.405 e. The van der Waals surface area contributed by atoms with Crippen LogP contribution in [0.3, 0.4) is 0 Å². The highest BCUT2D eigenvalue weighted by Gasteiger charge is 2.33. The first-order valence-corrected chi connectivity index (χ1v) is 14.4. The summed E-state index contributed by atoms with van der Waals surface area (Å²) in [7, 11) is -3.31. The topological polar surface area (TPSA) is 77.4 Å². The van der Waals surface area contributed by atoms with Crippen molar-refractivity contribution in [3.05, 3.63) is 94.9 Å². The van der Waals surface area contributed by atoms with Gasteiger partial charge in [0.15, 0.2) is 9.84 Å². The molecule has 210 valence electrons. The van der Waals surface area contributed by atoms with Gasteiger partial charge in [-0.3, -0.25) is 4.79 Å². The molecule has 0 spiro atoms. The van der Waals surface area contributed by atoms with E-state index < -0.39 is 27.8 Å². The highest BCUT2D eigenvalue weighted by molar-refractivity contribution is 7.91. The second kappa shape index (κ2) is 10.6. The van der Waals surface area contributed by atoms with Crippen molar-refractivity contribution >= 4 is 26.6 Å². The Hall–Kier alpha value is -3.86. The van der Waals surface area contributed by atoms with Gasteiger partial charge in [-0.05, 0) is 60.9 Å². The lowest BCUT2D eigenvalue weighted by Crippen LogP contribution is -2.22. The summed E-state index contributed by atoms with van der Waals surface area (Å²) in [6, 6.07) is 16.7. The molecule has 40 heavy (non-hydrogen) atoms. The lowest BCUT2D eigenvalue weighted by molar-refractivity contribution is -0.274. The standard InChI is InChI=1S/C29H26F4N2O4S/c1-2-40(37,38)25-10-3-18(4-11-25)17-34-28(36)20-6-12-26-21(13-20)15-24(35(26)23-8-9-23)14-19-5-7-22(30)16-27(19)39-29(31,32)33/h3-7,10-13,15-16,23H,2,8-9,14,17H2,1H3,(H,34,36). The number of aromatic nitrogens is 1. The predicted octanol–water partition coefficient (Wildman–Crippen LogP) is 6.33. The quantitative estimate of drug-likeness (QED) is 0.237. The number of alkyl halides is 3. The Balaban J connectivity index is 1.37. The Kier molecular flexibility index (Phi) is 7.34. The number of hydrogen-bond acceptors (Lipinski definition) is 4. The molecule has 0 aliphatic heterocycles. The Morgan fingerprint density at radius 2 is 1.75 bits per heavy atom. The Morgan fingerprint density at radius 3 is 2.40 bits per heavy atom. The van der Waals surface area contributed by atoms with Gasteiger partial charge < -0.3 is 14.6 Å². The summed E-state index contributed by atoms with van der Waals surface area (Å²) in [6.45, 7) is 1.77. The molecule has 1 aliphatic rings. The number of ether oxygens (including phenoxy) is 1. The minimum absolute atomic E-state index is 0.00213. The van der Waals surface area contributed by atoms with Crippen molar-refractivity contribution in [2.75, 3.05) is 5.75 Å². The van der Waals surface area contributed by atoms with Crippen molar-refractivity contribution in [2.45, 2.75) is 50.0 Å². The van der Waals surface area contributed by atoms with Gasteiger partial charge in [0, 0.05) is 52.8 Å². The average molecular weight is 575 g/mol. The van der Waals surface area contributed by atoms with Crippen LogP contribution in [0.25, 0.3) is 10.9 Å². The molecule has 0 radical (unpaired) electrons. The van der Waals surface area contributed by atoms with E-state index in [0.717, 1.165) is 47.1 Å². The maximum atomic E-state index is 13.7. The molecule has 4 aromatic rings. The smallest absolute Gasteiger partial charge is 0.405 e. The molecule has 0 atom stereocenters. The lowest BCUT2D eigenvalue weighted by atomic mass is 10.1. The molecule has 1 fully saturated rings. The Labute approximate surface area is 228 Å². The Bertz CT molecular complexity index is 1670. The van der Waals surface area contributed by atoms with E-state index in [4.69, 9.17) is 0 Å². The van der Waals surface area contributed by atoms with Gasteiger partial charge in [0.05, 0.1) is 10.6 Å². The largest absolute Gasteiger partial charge is 0.573 e. The number of nitrogens with zero attached hydrogens (tertiary/aromatic N) is 1. The summed E-state index contributed by atoms with van der Waals surface area (Å²) in [5, 5.41) is 3.58. The van der Waals surface area contributed by atoms with Crippen molar-refractivity contribution in [3.63, 3.8) is 0 Å². The van der Waals surface area contributed by atoms with Crippen molar-refractivity contribution in [2.24, 2.45) is 0 Å². The molecule has 1 N–H and O–H groups in total. The van der Waals surface area contributed by atoms with Gasteiger partial charge in [-0.2, -0.15) is 0 Å². The van der Waals surface area contributed by atoms with Gasteiger partial charge in [0.2, 0.25) is 0 Å². The third kappa shape index (κ3) is 6.14. The van der Waals surface area contributed by atoms with Crippen LogP contribution >= 0.6 is 0 Å². The zero-order chi connectivity index (χ0) is 28.7. The van der Waals surface area contributed by atoms with Crippen LogP contribution in [-0.2, 0) is 22.8 Å². The van der Waals surface area contributed by atoms with Gasteiger partial charge in [-0.15, -0.1) is 13.2 Å². The fourth-order valence-electron chi connectivity index (χ4n) is 4.69. The fourth-order valence-corrected chi connectivity index (χ4v) is 5.57. The van der Waals surface area contributed by atoms with E-state index in [0.29, 0.717) is 5.56 Å². The Morgan fingerprint density at radius 1 is 1.02 bits per heavy atom. The van der Waals surface area contributed by atoms with E-state index in [1.165, 1.54) is 18.2 Å². The van der Waals surface area contributed by atoms with Crippen LogP contribution in [0.1, 0.15) is 53.0 Å². The van der Waals surface area contributed by atoms with E-state index in [2.05, 4.69) is 14.6 Å². The third-order valence-corrected chi connectivity index (χ3v) is 8.59. The number of carbonyl (C=O) groups is 1. The SMILES string of the molecule is CCS(=O)(=O)c1ccc(CNC(=O)c2ccc3c(c2)cc(Cc2ccc(F)cc2OC(F)(F)F)n3C2CC2)cc1. The maximum Gasteiger partial charge on any atom is 0.573 e. The number of halogens is 4. The molecule has 5 rings (SSSR count). The number of nitrogens with one attached hydrogen (secondary N) is 1. The molecule has 1 heterocycles. The maximum absolute atomic E-state index is 13.7. The highest BCUT2D eigenvalue weighted by Crippen LogP contribution is 2.41. The first kappa shape index (κ1) is 27.7. The molecule has 1 aliphatic carbocycles. The number of carbonyl (C=O) groups excluding carboxylic acids is 1. The van der Waals surface area contributed by atoms with Crippen molar-refractivity contribution in [3.8, 4) is 5.75 Å². The number of hydrogen-bond donors (Lipinski definition) is 1. The van der Waals surface area contributed by atoms with Crippen molar-refractivity contribution < 1.29 is 35.5 Å². The first-order valence-electron chi connectivity index (χ1n) is 12.7. The molecule has 11 heteroatoms. The van der Waals surface area contributed by atoms with E-state index in [9.17, 15) is 30.8 Å². The van der Waals surface area contributed by atoms with Crippen LogP contribution < -0.4 is 10.1 Å². The molecule has 0 unspecified atom stereocenters. The van der Waals surface area contributed by atoms with Crippen molar-refractivity contribution in [1.29, 1.82) is 0 Å². The molecular formula is C29H26F4N2O4S. The summed E-state index contributed by atoms with van der Waals surface area (Å²) < 4.78 is 82.6. The molecule has 1 aromatic heterocycles. The number of sulfone groups is 1. The molecule has 1 saturated carbocycles. The molecule has 1 amide bonds. The summed E-state index contributed by atoms with van der Waals surface area (Å²) in [6.07, 6.45) is -3.02. The number of rotatable bonds is 9. The summed E-state index contributed by atoms with van der Waals surface area (Å²) in [5.74, 6) is -1.74. The average Bonchev–Trinajstić information content (AvgIpc) is 3.68. The van der Waals surface area contributed by atoms with Crippen LogP contribution in [0.15, 0.2) is 71.6 Å². The molecular weight excluding hydrogens is 548 g/mol. The van der Waals surface area contributed by atoms with Crippen molar-refractivity contribution in [1.82, 2.24) is 9.88 Å². The molecule has 0 saturated heterocycles. The summed E-state index contributed by atoms with van der Waals surface area (Å²) in [5.41, 5.74) is 2.92. The van der Waals surface area contributed by atoms with Gasteiger partial charge >= 0.3 is 6.36 Å². The van der Waals surface area contributed by atoms with E-state index in [1.54, 1.807) is 31.2 Å². The number of benzene rings is 3. The monoisotopic (exact) mass is 574 g/mol. The van der Waals surface area contributed by atoms with Gasteiger partial charge in [-0.1, -0.05) is 25.1 Å². The van der Waals surface area contributed by atoms with Crippen LogP contribution in [0.5, 0.6) is 5.75 Å². The number of amides is 1. The number of fused-ring (bicyclic) bond motifs is 1. The van der Waals surface area contributed by atoms with Crippen LogP contribution in [-0.4, -0.2) is 31.0 Å². The molecule has 0 bridgehead atoms.